The maximum Gasteiger partial charge on any atom is 0.181 e. The van der Waals surface area contributed by atoms with Crippen molar-refractivity contribution < 1.29 is 9.47 Å². The third kappa shape index (κ3) is 8.86. The van der Waals surface area contributed by atoms with Crippen molar-refractivity contribution >= 4 is 37.4 Å². The zero-order valence-electron chi connectivity index (χ0n) is 25.3. The van der Waals surface area contributed by atoms with Crippen LogP contribution in [0, 0.1) is 20.8 Å². The van der Waals surface area contributed by atoms with E-state index in [2.05, 4.69) is 115 Å². The van der Waals surface area contributed by atoms with Crippen LogP contribution in [0.5, 0.6) is 0 Å². The van der Waals surface area contributed by atoms with Crippen molar-refractivity contribution in [3.05, 3.63) is 101 Å². The van der Waals surface area contributed by atoms with Crippen LogP contribution in [0.1, 0.15) is 81.0 Å². The van der Waals surface area contributed by atoms with E-state index in [1.807, 2.05) is 13.8 Å². The number of halogens is 1. The topological polar surface area (TPSA) is 18.5 Å². The van der Waals surface area contributed by atoms with Gasteiger partial charge in [0.1, 0.15) is 15.9 Å². The molecule has 0 heterocycles. The second-order valence-corrected chi connectivity index (χ2v) is 16.4. The SMILES string of the molecule is CCOC(CCCCC/C=C\CCCc1cccc([P+](Br)(c2ccccc2C)c2ccccc2C)c1C)OCC. The quantitative estimate of drug-likeness (QED) is 0.0645. The van der Waals surface area contributed by atoms with Gasteiger partial charge in [0.25, 0.3) is 0 Å². The highest BCUT2D eigenvalue weighted by atomic mass is 79.9. The highest BCUT2D eigenvalue weighted by Crippen LogP contribution is 2.64. The number of benzene rings is 3. The van der Waals surface area contributed by atoms with Crippen molar-refractivity contribution in [2.24, 2.45) is 0 Å². The van der Waals surface area contributed by atoms with E-state index in [9.17, 15) is 0 Å². The van der Waals surface area contributed by atoms with Crippen LogP contribution >= 0.6 is 21.5 Å². The molecule has 0 fully saturated rings. The number of unbranched alkanes of at least 4 members (excludes halogenated alkanes) is 4. The molecule has 0 spiro atoms. The molecule has 3 aromatic carbocycles. The molecule has 0 atom stereocenters. The number of hydrogen-bond donors (Lipinski definition) is 0. The fraction of sp³-hybridized carbons (Fsp3) is 0.444. The Bertz CT molecular complexity index is 1150. The lowest BCUT2D eigenvalue weighted by Gasteiger charge is -2.25. The molecule has 216 valence electrons. The monoisotopic (exact) mass is 623 g/mol. The molecule has 2 nitrogen and oxygen atoms in total. The summed E-state index contributed by atoms with van der Waals surface area (Å²) in [4.78, 5) is 0. The molecule has 4 heteroatoms. The van der Waals surface area contributed by atoms with E-state index >= 15 is 0 Å². The van der Waals surface area contributed by atoms with Crippen molar-refractivity contribution in [2.45, 2.75) is 92.3 Å². The highest BCUT2D eigenvalue weighted by Gasteiger charge is 2.47. The van der Waals surface area contributed by atoms with Gasteiger partial charge in [0.2, 0.25) is 0 Å². The van der Waals surface area contributed by atoms with E-state index in [0.717, 1.165) is 45.3 Å². The van der Waals surface area contributed by atoms with Crippen molar-refractivity contribution in [3.63, 3.8) is 0 Å². The highest BCUT2D eigenvalue weighted by molar-refractivity contribution is 9.44. The maximum atomic E-state index is 5.64. The van der Waals surface area contributed by atoms with Gasteiger partial charge in [0, 0.05) is 13.2 Å². The molecular formula is C36H49BrO2P+. The molecule has 0 aliphatic heterocycles. The van der Waals surface area contributed by atoms with Gasteiger partial charge in [-0.15, -0.1) is 0 Å². The Kier molecular flexibility index (Phi) is 14.1. The van der Waals surface area contributed by atoms with Crippen LogP contribution in [0.2, 0.25) is 0 Å². The minimum Gasteiger partial charge on any atom is -0.353 e. The van der Waals surface area contributed by atoms with Crippen molar-refractivity contribution in [2.75, 3.05) is 13.2 Å². The third-order valence-corrected chi connectivity index (χ3v) is 14.6. The summed E-state index contributed by atoms with van der Waals surface area (Å²) in [5.41, 5.74) is 5.58. The molecule has 3 rings (SSSR count). The molecular weight excluding hydrogens is 575 g/mol. The Morgan fingerprint density at radius 1 is 0.675 bits per heavy atom. The van der Waals surface area contributed by atoms with Crippen LogP contribution in [0.25, 0.3) is 0 Å². The molecule has 3 aromatic rings. The molecule has 0 unspecified atom stereocenters. The molecule has 0 saturated carbocycles. The standard InChI is InChI=1S/C36H49BrO2P/c1-6-38-36(39-7-2)28-15-13-11-9-8-10-12-14-23-32-24-20-27-35(31(32)5)40(37,33-25-18-16-21-29(33)3)34-26-19-17-22-30(34)4/h8,10,16-22,24-27,36H,6-7,9,11-15,23,28H2,1-5H3/q+1/b10-8-. The van der Waals surface area contributed by atoms with Crippen molar-refractivity contribution in [3.8, 4) is 0 Å². The van der Waals surface area contributed by atoms with Gasteiger partial charge in [0.15, 0.2) is 27.7 Å². The first-order valence-corrected chi connectivity index (χ1v) is 18.9. The fourth-order valence-corrected chi connectivity index (χ4v) is 12.4. The predicted octanol–water partition coefficient (Wildman–Crippen LogP) is 9.44. The number of hydrogen-bond acceptors (Lipinski definition) is 2. The average Bonchev–Trinajstić information content (AvgIpc) is 2.95. The molecule has 0 bridgehead atoms. The Morgan fingerprint density at radius 2 is 1.23 bits per heavy atom. The lowest BCUT2D eigenvalue weighted by atomic mass is 10.0. The smallest absolute Gasteiger partial charge is 0.181 e. The lowest BCUT2D eigenvalue weighted by Crippen LogP contribution is -2.31. The van der Waals surface area contributed by atoms with E-state index in [0.29, 0.717) is 0 Å². The zero-order valence-corrected chi connectivity index (χ0v) is 27.8. The second-order valence-electron chi connectivity index (χ2n) is 10.6. The lowest BCUT2D eigenvalue weighted by molar-refractivity contribution is -0.140. The van der Waals surface area contributed by atoms with Crippen molar-refractivity contribution in [1.29, 1.82) is 0 Å². The van der Waals surface area contributed by atoms with Crippen molar-refractivity contribution in [1.82, 2.24) is 0 Å². The number of rotatable bonds is 17. The summed E-state index contributed by atoms with van der Waals surface area (Å²) < 4.78 is 11.3. The Labute approximate surface area is 252 Å². The predicted molar refractivity (Wildman–Crippen MR) is 180 cm³/mol. The average molecular weight is 625 g/mol. The summed E-state index contributed by atoms with van der Waals surface area (Å²) in [6.07, 6.45) is 13.9. The molecule has 0 saturated heterocycles. The Morgan fingerprint density at radius 3 is 1.80 bits per heavy atom. The first kappa shape index (κ1) is 32.7. The van der Waals surface area contributed by atoms with Crippen LogP contribution in [0.15, 0.2) is 78.9 Å². The van der Waals surface area contributed by atoms with E-state index in [4.69, 9.17) is 9.47 Å². The minimum atomic E-state index is -1.96. The fourth-order valence-electron chi connectivity index (χ4n) is 5.46. The molecule has 0 N–H and O–H groups in total. The van der Waals surface area contributed by atoms with E-state index in [1.54, 1.807) is 0 Å². The second kappa shape index (κ2) is 17.2. The molecule has 0 radical (unpaired) electrons. The number of ether oxygens (including phenoxy) is 2. The summed E-state index contributed by atoms with van der Waals surface area (Å²) in [6, 6.07) is 24.7. The summed E-state index contributed by atoms with van der Waals surface area (Å²) in [6.45, 7) is 12.3. The van der Waals surface area contributed by atoms with Gasteiger partial charge in [0.05, 0.1) is 0 Å². The summed E-state index contributed by atoms with van der Waals surface area (Å²) in [7, 11) is 0. The third-order valence-electron chi connectivity index (χ3n) is 7.64. The van der Waals surface area contributed by atoms with Gasteiger partial charge in [-0.25, -0.2) is 0 Å². The summed E-state index contributed by atoms with van der Waals surface area (Å²) in [5.74, 6) is -1.96. The summed E-state index contributed by atoms with van der Waals surface area (Å²) in [5, 5.41) is 4.28. The number of allylic oxidation sites excluding steroid dienone is 2. The summed E-state index contributed by atoms with van der Waals surface area (Å²) >= 11 is 4.43. The maximum absolute atomic E-state index is 5.64. The van der Waals surface area contributed by atoms with Crippen LogP contribution in [0.3, 0.4) is 0 Å². The Hall–Kier alpha value is -1.77. The minimum absolute atomic E-state index is 0.0298. The van der Waals surface area contributed by atoms with Gasteiger partial charge >= 0.3 is 0 Å². The molecule has 40 heavy (non-hydrogen) atoms. The number of aryl methyl sites for hydroxylation is 3. The van der Waals surface area contributed by atoms with Crippen LogP contribution in [-0.2, 0) is 15.9 Å². The normalized spacial score (nSPS) is 12.1. The largest absolute Gasteiger partial charge is 0.353 e. The first-order chi connectivity index (χ1) is 19.4. The molecule has 0 aromatic heterocycles. The van der Waals surface area contributed by atoms with E-state index < -0.39 is 5.96 Å². The zero-order chi connectivity index (χ0) is 28.8. The van der Waals surface area contributed by atoms with Gasteiger partial charge in [-0.05, 0) is 120 Å². The van der Waals surface area contributed by atoms with Crippen LogP contribution < -0.4 is 15.9 Å². The first-order valence-electron chi connectivity index (χ1n) is 15.1. The van der Waals surface area contributed by atoms with E-state index in [-0.39, 0.29) is 6.29 Å². The van der Waals surface area contributed by atoms with Crippen LogP contribution in [0.4, 0.5) is 0 Å². The molecule has 0 aliphatic rings. The molecule has 0 amide bonds. The molecule has 0 aliphatic carbocycles. The van der Waals surface area contributed by atoms with Crippen LogP contribution in [-0.4, -0.2) is 19.5 Å². The van der Waals surface area contributed by atoms with E-state index in [1.165, 1.54) is 57.4 Å². The van der Waals surface area contributed by atoms with Gasteiger partial charge in [-0.1, -0.05) is 67.1 Å². The Balaban J connectivity index is 1.61. The van der Waals surface area contributed by atoms with Gasteiger partial charge in [-0.2, -0.15) is 0 Å². The van der Waals surface area contributed by atoms with Gasteiger partial charge in [-0.3, -0.25) is 0 Å². The van der Waals surface area contributed by atoms with Gasteiger partial charge < -0.3 is 9.47 Å².